The third-order valence-corrected chi connectivity index (χ3v) is 6.72. The Labute approximate surface area is 199 Å². The van der Waals surface area contributed by atoms with E-state index >= 15 is 0 Å². The van der Waals surface area contributed by atoms with Crippen LogP contribution in [0.3, 0.4) is 0 Å². The molecule has 6 heteroatoms. The summed E-state index contributed by atoms with van der Waals surface area (Å²) in [7, 11) is 0. The van der Waals surface area contributed by atoms with Crippen molar-refractivity contribution < 1.29 is 19.5 Å². The van der Waals surface area contributed by atoms with Gasteiger partial charge in [0.15, 0.2) is 5.60 Å². The number of hydrogen-bond acceptors (Lipinski definition) is 4. The molecule has 6 rings (SSSR count). The zero-order valence-corrected chi connectivity index (χ0v) is 19.0. The van der Waals surface area contributed by atoms with Crippen molar-refractivity contribution in [2.75, 3.05) is 19.6 Å². The lowest BCUT2D eigenvalue weighted by atomic mass is 9.76. The van der Waals surface area contributed by atoms with Crippen molar-refractivity contribution in [2.45, 2.75) is 25.0 Å². The Morgan fingerprint density at radius 1 is 1.03 bits per heavy atom. The van der Waals surface area contributed by atoms with E-state index in [4.69, 9.17) is 4.74 Å². The molecule has 0 spiro atoms. The first-order valence-electron chi connectivity index (χ1n) is 11.7. The van der Waals surface area contributed by atoms with Gasteiger partial charge < -0.3 is 20.1 Å². The molecule has 3 aliphatic rings. The van der Waals surface area contributed by atoms with Crippen LogP contribution in [0.1, 0.15) is 34.3 Å². The number of amides is 1. The minimum Gasteiger partial charge on any atom is -0.457 e. The number of rotatable bonds is 5. The molecule has 0 radical (unpaired) electrons. The number of nitrogens with one attached hydrogen (secondary N) is 2. The summed E-state index contributed by atoms with van der Waals surface area (Å²) in [6.45, 7) is 3.48. The monoisotopic (exact) mass is 454 g/mol. The second-order valence-electron chi connectivity index (χ2n) is 9.06. The summed E-state index contributed by atoms with van der Waals surface area (Å²) in [6.07, 6.45) is 5.51. The van der Waals surface area contributed by atoms with Crippen LogP contribution in [-0.2, 0) is 6.54 Å². The number of aliphatic hydroxyl groups is 1. The van der Waals surface area contributed by atoms with E-state index in [-0.39, 0.29) is 5.91 Å². The van der Waals surface area contributed by atoms with Gasteiger partial charge in [-0.25, -0.2) is 0 Å². The van der Waals surface area contributed by atoms with E-state index < -0.39 is 5.60 Å². The molecule has 0 aliphatic carbocycles. The Morgan fingerprint density at radius 2 is 1.68 bits per heavy atom. The normalized spacial score (nSPS) is 23.0. The van der Waals surface area contributed by atoms with E-state index in [1.807, 2.05) is 36.4 Å². The van der Waals surface area contributed by atoms with E-state index in [2.05, 4.69) is 22.1 Å². The smallest absolute Gasteiger partial charge is 0.251 e. The van der Waals surface area contributed by atoms with Crippen LogP contribution in [0.15, 0.2) is 73.1 Å². The minimum atomic E-state index is -0.868. The largest absolute Gasteiger partial charge is 0.457 e. The molecule has 3 N–H and O–H groups in total. The lowest BCUT2D eigenvalue weighted by molar-refractivity contribution is -0.923. The van der Waals surface area contributed by atoms with Crippen molar-refractivity contribution in [1.82, 2.24) is 10.3 Å². The van der Waals surface area contributed by atoms with Crippen LogP contribution < -0.4 is 15.0 Å². The summed E-state index contributed by atoms with van der Waals surface area (Å²) in [6, 6.07) is 18.3. The molecule has 172 valence electrons. The summed E-state index contributed by atoms with van der Waals surface area (Å²) in [5.74, 6) is 7.80. The molecule has 2 aromatic carbocycles. The Hall–Kier alpha value is -3.66. The summed E-state index contributed by atoms with van der Waals surface area (Å²) in [5, 5.41) is 13.9. The van der Waals surface area contributed by atoms with Gasteiger partial charge in [-0.3, -0.25) is 9.78 Å². The Balaban J connectivity index is 1.17. The van der Waals surface area contributed by atoms with Crippen LogP contribution in [0.5, 0.6) is 11.5 Å². The predicted molar refractivity (Wildman–Crippen MR) is 128 cm³/mol. The van der Waals surface area contributed by atoms with Gasteiger partial charge in [0.2, 0.25) is 0 Å². The van der Waals surface area contributed by atoms with Crippen molar-refractivity contribution in [3.63, 3.8) is 0 Å². The quantitative estimate of drug-likeness (QED) is 0.517. The average Bonchev–Trinajstić information content (AvgIpc) is 2.88. The topological polar surface area (TPSA) is 75.9 Å². The highest BCUT2D eigenvalue weighted by Gasteiger charge is 2.47. The van der Waals surface area contributed by atoms with Crippen molar-refractivity contribution in [2.24, 2.45) is 5.92 Å². The van der Waals surface area contributed by atoms with Crippen LogP contribution in [-0.4, -0.2) is 41.2 Å². The summed E-state index contributed by atoms with van der Waals surface area (Å²) in [5.41, 5.74) is 1.55. The van der Waals surface area contributed by atoms with Gasteiger partial charge in [0.1, 0.15) is 18.0 Å². The number of benzene rings is 2. The molecular weight excluding hydrogens is 426 g/mol. The van der Waals surface area contributed by atoms with Gasteiger partial charge in [-0.1, -0.05) is 11.8 Å². The van der Waals surface area contributed by atoms with Crippen LogP contribution >= 0.6 is 0 Å². The van der Waals surface area contributed by atoms with Gasteiger partial charge in [0.25, 0.3) is 5.91 Å². The predicted octanol–water partition coefficient (Wildman–Crippen LogP) is 2.19. The molecule has 1 aromatic heterocycles. The number of hydrogen-bond donors (Lipinski definition) is 3. The summed E-state index contributed by atoms with van der Waals surface area (Å²) < 4.78 is 5.91. The molecule has 6 nitrogen and oxygen atoms in total. The number of quaternary nitrogens is 1. The third kappa shape index (κ3) is 5.12. The Morgan fingerprint density at radius 3 is 2.29 bits per heavy atom. The third-order valence-electron chi connectivity index (χ3n) is 6.72. The fourth-order valence-corrected chi connectivity index (χ4v) is 4.73. The maximum atomic E-state index is 12.4. The zero-order chi connectivity index (χ0) is 23.4. The highest BCUT2D eigenvalue weighted by Crippen LogP contribution is 2.28. The standard InChI is InChI=1S/C28H27N3O3/c32-27(30-19-22-10-15-29-16-11-22)23-3-7-26(8-4-23)34-25-5-1-21(2-6-25)9-14-28(33)20-31-17-12-24(28)13-18-31/h1-8,10-11,15-16,24,33H,12-13,17-20H2,(H,30,32)/p+1/t28-/m0/s1. The molecule has 3 aromatic rings. The second kappa shape index (κ2) is 9.68. The summed E-state index contributed by atoms with van der Waals surface area (Å²) in [4.78, 5) is 17.8. The first-order valence-corrected chi connectivity index (χ1v) is 11.7. The number of ether oxygens (including phenoxy) is 1. The van der Waals surface area contributed by atoms with Gasteiger partial charge in [-0.15, -0.1) is 0 Å². The van der Waals surface area contributed by atoms with Crippen LogP contribution in [0.4, 0.5) is 0 Å². The molecule has 2 bridgehead atoms. The van der Waals surface area contributed by atoms with Gasteiger partial charge in [0.05, 0.1) is 13.1 Å². The molecule has 1 amide bonds. The number of nitrogens with zero attached hydrogens (tertiary/aromatic N) is 1. The maximum Gasteiger partial charge on any atom is 0.251 e. The van der Waals surface area contributed by atoms with E-state index in [1.54, 1.807) is 36.7 Å². The molecule has 4 heterocycles. The van der Waals surface area contributed by atoms with Crippen LogP contribution in [0.2, 0.25) is 0 Å². The Kier molecular flexibility index (Phi) is 6.31. The molecule has 1 atom stereocenters. The van der Waals surface area contributed by atoms with Gasteiger partial charge in [-0.05, 0) is 66.2 Å². The summed E-state index contributed by atoms with van der Waals surface area (Å²) >= 11 is 0. The van der Waals surface area contributed by atoms with Crippen LogP contribution in [0.25, 0.3) is 0 Å². The van der Waals surface area contributed by atoms with E-state index in [9.17, 15) is 9.90 Å². The van der Waals surface area contributed by atoms with E-state index in [1.165, 1.54) is 4.90 Å². The maximum absolute atomic E-state index is 12.4. The lowest BCUT2D eigenvalue weighted by Crippen LogP contribution is -3.17. The number of fused-ring (bicyclic) bond motifs is 3. The first-order chi connectivity index (χ1) is 16.6. The number of piperidine rings is 3. The molecule has 3 saturated heterocycles. The number of carbonyl (C=O) groups is 1. The first kappa shape index (κ1) is 22.1. The SMILES string of the molecule is O=C(NCc1ccncc1)c1ccc(Oc2ccc(C#C[C@]3(O)C[NH+]4CCC3CC4)cc2)cc1. The van der Waals surface area contributed by atoms with Gasteiger partial charge in [-0.2, -0.15) is 0 Å². The van der Waals surface area contributed by atoms with Crippen molar-refractivity contribution in [3.05, 3.63) is 89.7 Å². The van der Waals surface area contributed by atoms with Crippen molar-refractivity contribution >= 4 is 5.91 Å². The van der Waals surface area contributed by atoms with E-state index in [0.717, 1.165) is 43.6 Å². The molecular formula is C28H28N3O3+. The van der Waals surface area contributed by atoms with Crippen molar-refractivity contribution in [3.8, 4) is 23.3 Å². The van der Waals surface area contributed by atoms with Gasteiger partial charge >= 0.3 is 0 Å². The Bertz CT molecular complexity index is 1190. The van der Waals surface area contributed by atoms with Crippen molar-refractivity contribution in [1.29, 1.82) is 0 Å². The molecule has 0 unspecified atom stereocenters. The fraction of sp³-hybridized carbons (Fsp3) is 0.286. The lowest BCUT2D eigenvalue weighted by Gasteiger charge is -2.44. The minimum absolute atomic E-state index is 0.141. The van der Waals surface area contributed by atoms with Crippen LogP contribution in [0, 0.1) is 17.8 Å². The second-order valence-corrected chi connectivity index (χ2v) is 9.06. The fourth-order valence-electron chi connectivity index (χ4n) is 4.73. The van der Waals surface area contributed by atoms with Gasteiger partial charge in [0, 0.05) is 48.8 Å². The average molecular weight is 455 g/mol. The number of carbonyl (C=O) groups excluding carboxylic acids is 1. The molecule has 0 saturated carbocycles. The molecule has 3 fully saturated rings. The highest BCUT2D eigenvalue weighted by atomic mass is 16.5. The number of aromatic nitrogens is 1. The number of pyridine rings is 1. The molecule has 3 aliphatic heterocycles. The highest BCUT2D eigenvalue weighted by molar-refractivity contribution is 5.94. The molecule has 34 heavy (non-hydrogen) atoms. The van der Waals surface area contributed by atoms with E-state index in [0.29, 0.717) is 29.5 Å². The zero-order valence-electron chi connectivity index (χ0n) is 19.0.